The topological polar surface area (TPSA) is 103 Å². The van der Waals surface area contributed by atoms with Crippen molar-refractivity contribution in [3.05, 3.63) is 78.5 Å². The Morgan fingerprint density at radius 3 is 2.53 bits per heavy atom. The van der Waals surface area contributed by atoms with Gasteiger partial charge in [-0.1, -0.05) is 12.1 Å². The van der Waals surface area contributed by atoms with Crippen LogP contribution in [-0.2, 0) is 26.9 Å². The molecule has 0 spiro atoms. The number of fused-ring (bicyclic) bond motifs is 1. The number of hydrogen-bond acceptors (Lipinski definition) is 6. The summed E-state index contributed by atoms with van der Waals surface area (Å²) in [6.45, 7) is -0.112. The van der Waals surface area contributed by atoms with E-state index in [0.29, 0.717) is 28.3 Å². The minimum absolute atomic E-state index is 0.112. The van der Waals surface area contributed by atoms with E-state index in [-0.39, 0.29) is 29.9 Å². The number of benzene rings is 2. The number of rotatable bonds is 7. The molecule has 0 saturated carbocycles. The van der Waals surface area contributed by atoms with Gasteiger partial charge in [0.2, 0.25) is 11.8 Å². The number of hydrogen-bond donors (Lipinski definition) is 1. The molecule has 0 fully saturated rings. The minimum atomic E-state index is -3.33. The van der Waals surface area contributed by atoms with Crippen LogP contribution in [0.4, 0.5) is 10.1 Å². The smallest absolute Gasteiger partial charge is 0.244 e. The molecule has 164 valence electrons. The molecule has 2 aromatic carbocycles. The first-order chi connectivity index (χ1) is 15.3. The van der Waals surface area contributed by atoms with Crippen LogP contribution in [0.5, 0.6) is 11.6 Å². The number of sulfone groups is 1. The quantitative estimate of drug-likeness (QED) is 0.458. The van der Waals surface area contributed by atoms with Crippen molar-refractivity contribution in [2.45, 2.75) is 12.3 Å². The van der Waals surface area contributed by atoms with Crippen LogP contribution in [0.1, 0.15) is 5.82 Å². The number of carbonyl (C=O) groups excluding carboxylic acids is 1. The minimum Gasteiger partial charge on any atom is -0.439 e. The summed E-state index contributed by atoms with van der Waals surface area (Å²) in [4.78, 5) is 21.1. The molecular weight excluding hydrogens is 435 g/mol. The first-order valence-electron chi connectivity index (χ1n) is 9.58. The molecule has 0 saturated heterocycles. The maximum absolute atomic E-state index is 13.0. The highest BCUT2D eigenvalue weighted by Crippen LogP contribution is 2.21. The summed E-state index contributed by atoms with van der Waals surface area (Å²) in [5, 5.41) is 2.73. The van der Waals surface area contributed by atoms with Crippen LogP contribution in [0.25, 0.3) is 11.0 Å². The number of imidazole rings is 1. The molecule has 4 rings (SSSR count). The Morgan fingerprint density at radius 2 is 1.84 bits per heavy atom. The Bertz CT molecular complexity index is 1370. The molecule has 0 radical (unpaired) electrons. The molecule has 0 bridgehead atoms. The molecule has 0 aliphatic heterocycles. The highest BCUT2D eigenvalue weighted by atomic mass is 32.2. The molecule has 2 heterocycles. The van der Waals surface area contributed by atoms with Crippen LogP contribution < -0.4 is 10.1 Å². The highest BCUT2D eigenvalue weighted by Gasteiger charge is 2.17. The first kappa shape index (κ1) is 21.4. The molecule has 8 nitrogen and oxygen atoms in total. The normalized spacial score (nSPS) is 11.4. The molecule has 10 heteroatoms. The van der Waals surface area contributed by atoms with Crippen LogP contribution in [0.15, 0.2) is 66.9 Å². The van der Waals surface area contributed by atoms with Gasteiger partial charge in [0, 0.05) is 12.3 Å². The molecule has 1 N–H and O–H groups in total. The SMILES string of the molecule is CS(=O)(=O)Cc1nc2ccccc2n1CC(=O)Nc1ccc(Oc2ccc(F)cc2)nc1. The fourth-order valence-electron chi connectivity index (χ4n) is 3.13. The fourth-order valence-corrected chi connectivity index (χ4v) is 3.82. The predicted octanol–water partition coefficient (Wildman–Crippen LogP) is 3.55. The van der Waals surface area contributed by atoms with Gasteiger partial charge in [-0.2, -0.15) is 0 Å². The van der Waals surface area contributed by atoms with Crippen molar-refractivity contribution in [2.75, 3.05) is 11.6 Å². The van der Waals surface area contributed by atoms with Gasteiger partial charge >= 0.3 is 0 Å². The lowest BCUT2D eigenvalue weighted by Gasteiger charge is -2.10. The van der Waals surface area contributed by atoms with Crippen LogP contribution in [0, 0.1) is 5.82 Å². The van der Waals surface area contributed by atoms with Crippen LogP contribution in [-0.4, -0.2) is 35.1 Å². The van der Waals surface area contributed by atoms with Gasteiger partial charge in [0.15, 0.2) is 9.84 Å². The molecule has 0 atom stereocenters. The Labute approximate surface area is 183 Å². The standard InChI is InChI=1S/C22H19FN4O4S/c1-32(29,30)14-20-26-18-4-2-3-5-19(18)27(20)13-21(28)25-16-8-11-22(24-12-16)31-17-9-6-15(23)7-10-17/h2-12H,13-14H2,1H3,(H,25,28). The number of amides is 1. The fraction of sp³-hybridized carbons (Fsp3) is 0.136. The van der Waals surface area contributed by atoms with E-state index in [0.717, 1.165) is 6.26 Å². The summed E-state index contributed by atoms with van der Waals surface area (Å²) in [6.07, 6.45) is 2.55. The average Bonchev–Trinajstić information content (AvgIpc) is 3.06. The number of carbonyl (C=O) groups is 1. The van der Waals surface area contributed by atoms with Crippen LogP contribution in [0.3, 0.4) is 0 Å². The van der Waals surface area contributed by atoms with Crippen molar-refractivity contribution < 1.29 is 22.3 Å². The molecule has 4 aromatic rings. The van der Waals surface area contributed by atoms with Gasteiger partial charge in [-0.25, -0.2) is 22.8 Å². The second-order valence-corrected chi connectivity index (χ2v) is 9.30. The van der Waals surface area contributed by atoms with Crippen molar-refractivity contribution in [2.24, 2.45) is 0 Å². The Kier molecular flexibility index (Phi) is 5.87. The second kappa shape index (κ2) is 8.75. The lowest BCUT2D eigenvalue weighted by molar-refractivity contribution is -0.116. The monoisotopic (exact) mass is 454 g/mol. The predicted molar refractivity (Wildman–Crippen MR) is 118 cm³/mol. The number of halogens is 1. The Balaban J connectivity index is 1.47. The van der Waals surface area contributed by atoms with Gasteiger partial charge in [0.1, 0.15) is 29.7 Å². The van der Waals surface area contributed by atoms with E-state index >= 15 is 0 Å². The summed E-state index contributed by atoms with van der Waals surface area (Å²) < 4.78 is 43.7. The van der Waals surface area contributed by atoms with E-state index in [1.165, 1.54) is 30.5 Å². The third-order valence-corrected chi connectivity index (χ3v) is 5.27. The van der Waals surface area contributed by atoms with Crippen molar-refractivity contribution >= 4 is 32.5 Å². The van der Waals surface area contributed by atoms with E-state index in [9.17, 15) is 17.6 Å². The molecule has 32 heavy (non-hydrogen) atoms. The first-order valence-corrected chi connectivity index (χ1v) is 11.6. The van der Waals surface area contributed by atoms with Crippen molar-refractivity contribution in [1.29, 1.82) is 0 Å². The number of pyridine rings is 1. The van der Waals surface area contributed by atoms with E-state index in [4.69, 9.17) is 4.74 Å². The van der Waals surface area contributed by atoms with Crippen molar-refractivity contribution in [3.8, 4) is 11.6 Å². The summed E-state index contributed by atoms with van der Waals surface area (Å²) in [7, 11) is -3.33. The molecule has 0 aliphatic rings. The molecule has 0 aliphatic carbocycles. The van der Waals surface area contributed by atoms with E-state index in [1.54, 1.807) is 41.0 Å². The number of aromatic nitrogens is 3. The number of ether oxygens (including phenoxy) is 1. The molecule has 2 aromatic heterocycles. The summed E-state index contributed by atoms with van der Waals surface area (Å²) >= 11 is 0. The van der Waals surface area contributed by atoms with E-state index in [2.05, 4.69) is 15.3 Å². The van der Waals surface area contributed by atoms with Crippen molar-refractivity contribution in [3.63, 3.8) is 0 Å². The maximum atomic E-state index is 13.0. The van der Waals surface area contributed by atoms with Crippen LogP contribution in [0.2, 0.25) is 0 Å². The molecule has 1 amide bonds. The van der Waals surface area contributed by atoms with Gasteiger partial charge in [0.25, 0.3) is 0 Å². The second-order valence-electron chi connectivity index (χ2n) is 7.16. The number of anilines is 1. The summed E-state index contributed by atoms with van der Waals surface area (Å²) in [5.74, 6) is 0.00810. The van der Waals surface area contributed by atoms with Crippen molar-refractivity contribution in [1.82, 2.24) is 14.5 Å². The van der Waals surface area contributed by atoms with Gasteiger partial charge < -0.3 is 14.6 Å². The van der Waals surface area contributed by atoms with E-state index < -0.39 is 9.84 Å². The van der Waals surface area contributed by atoms with Gasteiger partial charge in [-0.3, -0.25) is 4.79 Å². The molecular formula is C22H19FN4O4S. The Hall–Kier alpha value is -3.79. The zero-order chi connectivity index (χ0) is 22.7. The number of nitrogens with zero attached hydrogens (tertiary/aromatic N) is 3. The van der Waals surface area contributed by atoms with Crippen LogP contribution >= 0.6 is 0 Å². The summed E-state index contributed by atoms with van der Waals surface area (Å²) in [5.41, 5.74) is 1.72. The maximum Gasteiger partial charge on any atom is 0.244 e. The van der Waals surface area contributed by atoms with Gasteiger partial charge in [-0.05, 0) is 42.5 Å². The largest absolute Gasteiger partial charge is 0.439 e. The zero-order valence-corrected chi connectivity index (χ0v) is 17.8. The molecule has 0 unspecified atom stereocenters. The highest BCUT2D eigenvalue weighted by molar-refractivity contribution is 7.89. The van der Waals surface area contributed by atoms with Gasteiger partial charge in [0.05, 0.1) is 22.9 Å². The van der Waals surface area contributed by atoms with Gasteiger partial charge in [-0.15, -0.1) is 0 Å². The Morgan fingerprint density at radius 1 is 1.09 bits per heavy atom. The average molecular weight is 454 g/mol. The lowest BCUT2D eigenvalue weighted by Crippen LogP contribution is -2.21. The third kappa shape index (κ3) is 5.27. The zero-order valence-electron chi connectivity index (χ0n) is 17.0. The number of nitrogens with one attached hydrogen (secondary N) is 1. The lowest BCUT2D eigenvalue weighted by atomic mass is 10.3. The number of para-hydroxylation sites is 2. The summed E-state index contributed by atoms with van der Waals surface area (Å²) in [6, 6.07) is 15.9. The third-order valence-electron chi connectivity index (χ3n) is 4.48. The van der Waals surface area contributed by atoms with E-state index in [1.807, 2.05) is 0 Å².